The predicted octanol–water partition coefficient (Wildman–Crippen LogP) is 5.97. The highest BCUT2D eigenvalue weighted by Gasteiger charge is 2.27. The van der Waals surface area contributed by atoms with Crippen LogP contribution >= 0.6 is 23.2 Å². The van der Waals surface area contributed by atoms with E-state index in [4.69, 9.17) is 32.7 Å². The first-order valence-electron chi connectivity index (χ1n) is 10.9. The fraction of sp³-hybridized carbons (Fsp3) is 0.308. The van der Waals surface area contributed by atoms with Gasteiger partial charge in [-0.1, -0.05) is 71.7 Å². The third-order valence-corrected chi connectivity index (χ3v) is 6.59. The fourth-order valence-corrected chi connectivity index (χ4v) is 4.56. The molecule has 0 spiro atoms. The molecule has 3 aromatic rings. The Morgan fingerprint density at radius 3 is 2.59 bits per heavy atom. The zero-order valence-electron chi connectivity index (χ0n) is 18.2. The lowest BCUT2D eigenvalue weighted by Crippen LogP contribution is -2.33. The Morgan fingerprint density at radius 2 is 1.78 bits per heavy atom. The SMILES string of the molecule is COc1cc(C(c2cccc(Cl)c2Cl)N2CCCNCC2)ccc1OCc1ccccc1. The maximum atomic E-state index is 6.69. The van der Waals surface area contributed by atoms with Gasteiger partial charge in [0, 0.05) is 19.6 Å². The van der Waals surface area contributed by atoms with Crippen molar-refractivity contribution in [2.45, 2.75) is 19.1 Å². The van der Waals surface area contributed by atoms with E-state index in [1.165, 1.54) is 0 Å². The molecule has 168 valence electrons. The second-order valence-corrected chi connectivity index (χ2v) is 8.65. The molecule has 6 heteroatoms. The molecule has 1 heterocycles. The van der Waals surface area contributed by atoms with Crippen molar-refractivity contribution in [3.05, 3.63) is 93.5 Å². The lowest BCUT2D eigenvalue weighted by molar-refractivity contribution is 0.239. The molecule has 4 nitrogen and oxygen atoms in total. The van der Waals surface area contributed by atoms with E-state index < -0.39 is 0 Å². The molecule has 0 bridgehead atoms. The molecule has 3 aromatic carbocycles. The number of ether oxygens (including phenoxy) is 2. The van der Waals surface area contributed by atoms with E-state index in [2.05, 4.69) is 28.4 Å². The van der Waals surface area contributed by atoms with Gasteiger partial charge in [0.05, 0.1) is 23.2 Å². The summed E-state index contributed by atoms with van der Waals surface area (Å²) in [5.41, 5.74) is 3.21. The van der Waals surface area contributed by atoms with Crippen molar-refractivity contribution in [1.82, 2.24) is 10.2 Å². The maximum Gasteiger partial charge on any atom is 0.161 e. The van der Waals surface area contributed by atoms with E-state index >= 15 is 0 Å². The summed E-state index contributed by atoms with van der Waals surface area (Å²) in [6.07, 6.45) is 1.07. The van der Waals surface area contributed by atoms with E-state index in [-0.39, 0.29) is 6.04 Å². The number of methoxy groups -OCH3 is 1. The first-order chi connectivity index (χ1) is 15.7. The van der Waals surface area contributed by atoms with Crippen LogP contribution in [0.2, 0.25) is 10.0 Å². The fourth-order valence-electron chi connectivity index (χ4n) is 4.15. The number of hydrogen-bond acceptors (Lipinski definition) is 4. The highest BCUT2D eigenvalue weighted by atomic mass is 35.5. The normalized spacial score (nSPS) is 15.7. The minimum absolute atomic E-state index is 0.0295. The van der Waals surface area contributed by atoms with Gasteiger partial charge in [0.25, 0.3) is 0 Å². The molecule has 32 heavy (non-hydrogen) atoms. The van der Waals surface area contributed by atoms with Crippen molar-refractivity contribution < 1.29 is 9.47 Å². The molecule has 0 radical (unpaired) electrons. The third kappa shape index (κ3) is 5.38. The smallest absolute Gasteiger partial charge is 0.161 e. The Hall–Kier alpha value is -2.24. The van der Waals surface area contributed by atoms with Gasteiger partial charge in [-0.2, -0.15) is 0 Å². The van der Waals surface area contributed by atoms with Crippen LogP contribution in [0.5, 0.6) is 11.5 Å². The van der Waals surface area contributed by atoms with E-state index in [0.29, 0.717) is 28.2 Å². The number of rotatable bonds is 7. The Labute approximate surface area is 200 Å². The van der Waals surface area contributed by atoms with Crippen molar-refractivity contribution >= 4 is 23.2 Å². The summed E-state index contributed by atoms with van der Waals surface area (Å²) in [4.78, 5) is 2.46. The highest BCUT2D eigenvalue weighted by Crippen LogP contribution is 2.40. The van der Waals surface area contributed by atoms with Crippen LogP contribution < -0.4 is 14.8 Å². The number of nitrogens with one attached hydrogen (secondary N) is 1. The monoisotopic (exact) mass is 470 g/mol. The number of benzene rings is 3. The predicted molar refractivity (Wildman–Crippen MR) is 131 cm³/mol. The molecule has 1 N–H and O–H groups in total. The van der Waals surface area contributed by atoms with Crippen LogP contribution in [-0.2, 0) is 6.61 Å². The third-order valence-electron chi connectivity index (χ3n) is 5.76. The summed E-state index contributed by atoms with van der Waals surface area (Å²) < 4.78 is 11.8. The maximum absolute atomic E-state index is 6.69. The van der Waals surface area contributed by atoms with Crippen molar-refractivity contribution in [2.75, 3.05) is 33.3 Å². The Balaban J connectivity index is 1.67. The Morgan fingerprint density at radius 1 is 0.938 bits per heavy atom. The van der Waals surface area contributed by atoms with Gasteiger partial charge >= 0.3 is 0 Å². The van der Waals surface area contributed by atoms with Gasteiger partial charge in [-0.15, -0.1) is 0 Å². The van der Waals surface area contributed by atoms with Gasteiger partial charge in [0.2, 0.25) is 0 Å². The second-order valence-electron chi connectivity index (χ2n) is 7.87. The molecule has 0 aromatic heterocycles. The zero-order chi connectivity index (χ0) is 22.3. The molecule has 0 amide bonds. The van der Waals surface area contributed by atoms with Crippen LogP contribution in [0.4, 0.5) is 0 Å². The molecular formula is C26H28Cl2N2O2. The van der Waals surface area contributed by atoms with Gasteiger partial charge in [-0.05, 0) is 47.9 Å². The molecular weight excluding hydrogens is 443 g/mol. The summed E-state index contributed by atoms with van der Waals surface area (Å²) in [7, 11) is 1.67. The molecule has 1 atom stereocenters. The van der Waals surface area contributed by atoms with Crippen LogP contribution in [0.1, 0.15) is 29.2 Å². The summed E-state index contributed by atoms with van der Waals surface area (Å²) in [6.45, 7) is 4.32. The van der Waals surface area contributed by atoms with Crippen molar-refractivity contribution in [1.29, 1.82) is 0 Å². The first kappa shape index (κ1) is 22.9. The highest BCUT2D eigenvalue weighted by molar-refractivity contribution is 6.42. The van der Waals surface area contributed by atoms with Gasteiger partial charge in [-0.25, -0.2) is 0 Å². The average molecular weight is 471 g/mol. The van der Waals surface area contributed by atoms with Gasteiger partial charge < -0.3 is 14.8 Å². The number of nitrogens with zero attached hydrogens (tertiary/aromatic N) is 1. The van der Waals surface area contributed by atoms with Gasteiger partial charge in [0.15, 0.2) is 11.5 Å². The topological polar surface area (TPSA) is 33.7 Å². The molecule has 0 saturated carbocycles. The van der Waals surface area contributed by atoms with Crippen LogP contribution in [0.15, 0.2) is 66.7 Å². The standard InChI is InChI=1S/C26H28Cl2N2O2/c1-31-24-17-20(11-12-23(24)32-18-19-7-3-2-4-8-19)26(30-15-6-13-29-14-16-30)21-9-5-10-22(27)25(21)28/h2-5,7-12,17,26,29H,6,13-16,18H2,1H3. The molecule has 1 aliphatic heterocycles. The molecule has 4 rings (SSSR count). The van der Waals surface area contributed by atoms with E-state index in [1.54, 1.807) is 7.11 Å². The van der Waals surface area contributed by atoms with Crippen molar-refractivity contribution in [3.63, 3.8) is 0 Å². The minimum atomic E-state index is -0.0295. The second kappa shape index (κ2) is 11.1. The molecule has 1 unspecified atom stereocenters. The molecule has 1 fully saturated rings. The summed E-state index contributed by atoms with van der Waals surface area (Å²) in [5.74, 6) is 1.42. The Kier molecular flexibility index (Phi) is 7.93. The lowest BCUT2D eigenvalue weighted by atomic mass is 9.96. The first-order valence-corrected chi connectivity index (χ1v) is 11.7. The molecule has 0 aliphatic carbocycles. The lowest BCUT2D eigenvalue weighted by Gasteiger charge is -2.32. The minimum Gasteiger partial charge on any atom is -0.493 e. The van der Waals surface area contributed by atoms with E-state index in [1.807, 2.05) is 48.5 Å². The summed E-state index contributed by atoms with van der Waals surface area (Å²) in [5, 5.41) is 4.64. The van der Waals surface area contributed by atoms with Crippen molar-refractivity contribution in [3.8, 4) is 11.5 Å². The van der Waals surface area contributed by atoms with Crippen LogP contribution in [0.25, 0.3) is 0 Å². The van der Waals surface area contributed by atoms with Gasteiger partial charge in [0.1, 0.15) is 6.61 Å². The van der Waals surface area contributed by atoms with E-state index in [0.717, 1.165) is 49.3 Å². The summed E-state index contributed by atoms with van der Waals surface area (Å²) >= 11 is 13.1. The van der Waals surface area contributed by atoms with Gasteiger partial charge in [-0.3, -0.25) is 4.90 Å². The van der Waals surface area contributed by atoms with Crippen LogP contribution in [0.3, 0.4) is 0 Å². The number of hydrogen-bond donors (Lipinski definition) is 1. The summed E-state index contributed by atoms with van der Waals surface area (Å²) in [6, 6.07) is 22.1. The average Bonchev–Trinajstić information content (AvgIpc) is 3.11. The zero-order valence-corrected chi connectivity index (χ0v) is 19.7. The molecule has 1 saturated heterocycles. The van der Waals surface area contributed by atoms with Crippen LogP contribution in [-0.4, -0.2) is 38.2 Å². The Bertz CT molecular complexity index is 1020. The molecule has 1 aliphatic rings. The van der Waals surface area contributed by atoms with E-state index in [9.17, 15) is 0 Å². The largest absolute Gasteiger partial charge is 0.493 e. The van der Waals surface area contributed by atoms with Crippen molar-refractivity contribution in [2.24, 2.45) is 0 Å². The number of halogens is 2. The quantitative estimate of drug-likeness (QED) is 0.461. The van der Waals surface area contributed by atoms with Crippen LogP contribution in [0, 0.1) is 0 Å².